The number of nitrogens with zero attached hydrogens (tertiary/aromatic N) is 4. The van der Waals surface area contributed by atoms with Gasteiger partial charge in [0.2, 0.25) is 17.5 Å². The molecule has 0 atom stereocenters. The van der Waals surface area contributed by atoms with E-state index in [1.165, 1.54) is 12.1 Å². The van der Waals surface area contributed by atoms with Crippen LogP contribution in [0.2, 0.25) is 0 Å². The molecule has 0 saturated carbocycles. The Kier molecular flexibility index (Phi) is 3.16. The lowest BCUT2D eigenvalue weighted by Gasteiger charge is -1.98. The lowest BCUT2D eigenvalue weighted by atomic mass is 10.1. The largest absolute Gasteiger partial charge is 0.338 e. The fourth-order valence-corrected chi connectivity index (χ4v) is 1.66. The zero-order valence-electron chi connectivity index (χ0n) is 10.1. The standard InChI is InChI=1S/C13H8F2N4O/c14-9-3-2-8(10(15)7-9)6-11-18-13(19-20-11)12-16-4-1-5-17-12/h1-5,7H,6H2. The van der Waals surface area contributed by atoms with Crippen LogP contribution in [0.4, 0.5) is 8.78 Å². The van der Waals surface area contributed by atoms with E-state index in [2.05, 4.69) is 20.1 Å². The van der Waals surface area contributed by atoms with Gasteiger partial charge in [0.15, 0.2) is 0 Å². The minimum absolute atomic E-state index is 0.0753. The third-order valence-electron chi connectivity index (χ3n) is 2.59. The van der Waals surface area contributed by atoms with E-state index < -0.39 is 11.6 Å². The van der Waals surface area contributed by atoms with Gasteiger partial charge in [0, 0.05) is 18.5 Å². The van der Waals surface area contributed by atoms with Crippen molar-refractivity contribution in [3.63, 3.8) is 0 Å². The zero-order valence-corrected chi connectivity index (χ0v) is 10.1. The molecule has 0 aliphatic carbocycles. The molecule has 0 unspecified atom stereocenters. The topological polar surface area (TPSA) is 64.7 Å². The van der Waals surface area contributed by atoms with E-state index in [-0.39, 0.29) is 23.7 Å². The highest BCUT2D eigenvalue weighted by atomic mass is 19.1. The molecular formula is C13H8F2N4O. The van der Waals surface area contributed by atoms with Crippen molar-refractivity contribution >= 4 is 0 Å². The maximum Gasteiger partial charge on any atom is 0.240 e. The third kappa shape index (κ3) is 2.51. The molecule has 7 heteroatoms. The zero-order chi connectivity index (χ0) is 13.9. The maximum absolute atomic E-state index is 13.5. The van der Waals surface area contributed by atoms with Gasteiger partial charge >= 0.3 is 0 Å². The van der Waals surface area contributed by atoms with Gasteiger partial charge in [-0.1, -0.05) is 11.2 Å². The lowest BCUT2D eigenvalue weighted by Crippen LogP contribution is -1.94. The fourth-order valence-electron chi connectivity index (χ4n) is 1.66. The Morgan fingerprint density at radius 1 is 1.05 bits per heavy atom. The molecule has 0 aliphatic heterocycles. The van der Waals surface area contributed by atoms with Crippen LogP contribution in [0.1, 0.15) is 11.5 Å². The molecule has 5 nitrogen and oxygen atoms in total. The highest BCUT2D eigenvalue weighted by Gasteiger charge is 2.13. The molecule has 0 fully saturated rings. The summed E-state index contributed by atoms with van der Waals surface area (Å²) < 4.78 is 31.3. The third-order valence-corrected chi connectivity index (χ3v) is 2.59. The normalized spacial score (nSPS) is 10.7. The summed E-state index contributed by atoms with van der Waals surface area (Å²) in [6.07, 6.45) is 3.18. The van der Waals surface area contributed by atoms with Gasteiger partial charge in [0.1, 0.15) is 11.6 Å². The minimum Gasteiger partial charge on any atom is -0.338 e. The molecule has 20 heavy (non-hydrogen) atoms. The molecule has 0 aliphatic rings. The predicted octanol–water partition coefficient (Wildman–Crippen LogP) is 2.40. The molecule has 2 aromatic heterocycles. The summed E-state index contributed by atoms with van der Waals surface area (Å²) in [4.78, 5) is 12.0. The molecule has 0 amide bonds. The summed E-state index contributed by atoms with van der Waals surface area (Å²) >= 11 is 0. The molecular weight excluding hydrogens is 266 g/mol. The lowest BCUT2D eigenvalue weighted by molar-refractivity contribution is 0.384. The van der Waals surface area contributed by atoms with Crippen LogP contribution >= 0.6 is 0 Å². The van der Waals surface area contributed by atoms with Crippen molar-refractivity contribution < 1.29 is 13.3 Å². The Labute approximate surface area is 112 Å². The summed E-state index contributed by atoms with van der Waals surface area (Å²) in [6, 6.07) is 4.99. The first kappa shape index (κ1) is 12.3. The van der Waals surface area contributed by atoms with Gasteiger partial charge in [0.05, 0.1) is 6.42 Å². The van der Waals surface area contributed by atoms with Gasteiger partial charge in [-0.2, -0.15) is 4.98 Å². The van der Waals surface area contributed by atoms with Crippen molar-refractivity contribution in [1.29, 1.82) is 0 Å². The van der Waals surface area contributed by atoms with Crippen molar-refractivity contribution in [2.75, 3.05) is 0 Å². The van der Waals surface area contributed by atoms with E-state index in [9.17, 15) is 8.78 Å². The van der Waals surface area contributed by atoms with E-state index >= 15 is 0 Å². The highest BCUT2D eigenvalue weighted by Crippen LogP contribution is 2.15. The van der Waals surface area contributed by atoms with E-state index in [0.29, 0.717) is 5.82 Å². The molecule has 100 valence electrons. The molecule has 1 aromatic carbocycles. The Balaban J connectivity index is 1.84. The second-order valence-corrected chi connectivity index (χ2v) is 4.00. The van der Waals surface area contributed by atoms with E-state index in [4.69, 9.17) is 4.52 Å². The molecule has 2 heterocycles. The second-order valence-electron chi connectivity index (χ2n) is 4.00. The average Bonchev–Trinajstić information content (AvgIpc) is 2.92. The molecule has 0 bridgehead atoms. The van der Waals surface area contributed by atoms with Crippen molar-refractivity contribution in [3.8, 4) is 11.6 Å². The van der Waals surface area contributed by atoms with Gasteiger partial charge in [-0.15, -0.1) is 0 Å². The highest BCUT2D eigenvalue weighted by molar-refractivity contribution is 5.40. The first-order valence-electron chi connectivity index (χ1n) is 5.76. The van der Waals surface area contributed by atoms with Gasteiger partial charge in [-0.3, -0.25) is 0 Å². The summed E-state index contributed by atoms with van der Waals surface area (Å²) in [5.41, 5.74) is 0.274. The van der Waals surface area contributed by atoms with Crippen LogP contribution in [0.15, 0.2) is 41.2 Å². The van der Waals surface area contributed by atoms with Crippen LogP contribution in [0, 0.1) is 11.6 Å². The van der Waals surface area contributed by atoms with Gasteiger partial charge in [-0.25, -0.2) is 18.7 Å². The minimum atomic E-state index is -0.652. The van der Waals surface area contributed by atoms with Crippen LogP contribution in [0.25, 0.3) is 11.6 Å². The van der Waals surface area contributed by atoms with Crippen LogP contribution < -0.4 is 0 Å². The van der Waals surface area contributed by atoms with Crippen LogP contribution in [0.5, 0.6) is 0 Å². The van der Waals surface area contributed by atoms with Crippen molar-refractivity contribution in [3.05, 3.63) is 59.7 Å². The monoisotopic (exact) mass is 274 g/mol. The molecule has 3 rings (SSSR count). The Bertz CT molecular complexity index is 730. The summed E-state index contributed by atoms with van der Waals surface area (Å²) in [5.74, 6) is -0.529. The smallest absolute Gasteiger partial charge is 0.240 e. The number of hydrogen-bond acceptors (Lipinski definition) is 5. The molecule has 0 spiro atoms. The summed E-state index contributed by atoms with van der Waals surface area (Å²) in [5, 5.41) is 3.72. The van der Waals surface area contributed by atoms with Crippen molar-refractivity contribution in [2.45, 2.75) is 6.42 Å². The van der Waals surface area contributed by atoms with Crippen LogP contribution in [-0.4, -0.2) is 20.1 Å². The second kappa shape index (κ2) is 5.12. The first-order chi connectivity index (χ1) is 9.72. The van der Waals surface area contributed by atoms with Gasteiger partial charge in [-0.05, 0) is 17.7 Å². The summed E-state index contributed by atoms with van der Waals surface area (Å²) in [7, 11) is 0. The Morgan fingerprint density at radius 3 is 2.60 bits per heavy atom. The van der Waals surface area contributed by atoms with Gasteiger partial charge in [0.25, 0.3) is 0 Å². The van der Waals surface area contributed by atoms with Crippen molar-refractivity contribution in [2.24, 2.45) is 0 Å². The van der Waals surface area contributed by atoms with Crippen molar-refractivity contribution in [1.82, 2.24) is 20.1 Å². The maximum atomic E-state index is 13.5. The molecule has 3 aromatic rings. The first-order valence-corrected chi connectivity index (χ1v) is 5.76. The number of rotatable bonds is 3. The van der Waals surface area contributed by atoms with E-state index in [1.807, 2.05) is 0 Å². The van der Waals surface area contributed by atoms with Gasteiger partial charge < -0.3 is 4.52 Å². The van der Waals surface area contributed by atoms with Crippen LogP contribution in [-0.2, 0) is 6.42 Å². The number of halogens is 2. The fraction of sp³-hybridized carbons (Fsp3) is 0.0769. The number of hydrogen-bond donors (Lipinski definition) is 0. The predicted molar refractivity (Wildman–Crippen MR) is 64.5 cm³/mol. The SMILES string of the molecule is Fc1ccc(Cc2nc(-c3ncccn3)no2)c(F)c1. The van der Waals surface area contributed by atoms with E-state index in [0.717, 1.165) is 6.07 Å². The average molecular weight is 274 g/mol. The Hall–Kier alpha value is -2.70. The van der Waals surface area contributed by atoms with E-state index in [1.54, 1.807) is 18.5 Å². The molecule has 0 radical (unpaired) electrons. The molecule has 0 saturated heterocycles. The number of aromatic nitrogens is 4. The Morgan fingerprint density at radius 2 is 1.85 bits per heavy atom. The molecule has 0 N–H and O–H groups in total. The quantitative estimate of drug-likeness (QED) is 0.733. The number of benzene rings is 1. The summed E-state index contributed by atoms with van der Waals surface area (Å²) in [6.45, 7) is 0. The van der Waals surface area contributed by atoms with Crippen LogP contribution in [0.3, 0.4) is 0 Å².